The van der Waals surface area contributed by atoms with Gasteiger partial charge in [0.1, 0.15) is 0 Å². The highest BCUT2D eigenvalue weighted by Gasteiger charge is 2.41. The smallest absolute Gasteiger partial charge is 0.0746 e. The fourth-order valence-corrected chi connectivity index (χ4v) is 3.77. The number of rotatable bonds is 2. The molecule has 1 aliphatic carbocycles. The highest BCUT2D eigenvalue weighted by Crippen LogP contribution is 2.38. The van der Waals surface area contributed by atoms with Gasteiger partial charge in [0, 0.05) is 31.7 Å². The van der Waals surface area contributed by atoms with Crippen LogP contribution in [0.2, 0.25) is 0 Å². The topological polar surface area (TPSA) is 26.7 Å². The van der Waals surface area contributed by atoms with Gasteiger partial charge in [-0.05, 0) is 31.7 Å². The Kier molecular flexibility index (Phi) is 4.35. The largest absolute Gasteiger partial charge is 0.391 e. The highest BCUT2D eigenvalue weighted by molar-refractivity contribution is 4.95. The average Bonchev–Trinajstić information content (AvgIpc) is 2.32. The standard InChI is InChI=1S/C15H30N2O/c1-5-16-9-10-17(11-12(16)2)13-7-6-8-15(3,4)14(13)18/h12-14,18H,5-11H2,1-4H3. The Morgan fingerprint density at radius 2 is 2.00 bits per heavy atom. The molecule has 0 amide bonds. The van der Waals surface area contributed by atoms with Gasteiger partial charge in [0.2, 0.25) is 0 Å². The van der Waals surface area contributed by atoms with Crippen LogP contribution in [0.15, 0.2) is 0 Å². The monoisotopic (exact) mass is 254 g/mol. The molecule has 2 fully saturated rings. The van der Waals surface area contributed by atoms with Crippen molar-refractivity contribution in [2.75, 3.05) is 26.2 Å². The van der Waals surface area contributed by atoms with Crippen molar-refractivity contribution in [2.45, 2.75) is 65.1 Å². The summed E-state index contributed by atoms with van der Waals surface area (Å²) in [5.74, 6) is 0. The van der Waals surface area contributed by atoms with E-state index >= 15 is 0 Å². The fourth-order valence-electron chi connectivity index (χ4n) is 3.77. The maximum atomic E-state index is 10.6. The van der Waals surface area contributed by atoms with E-state index in [1.165, 1.54) is 12.8 Å². The third-order valence-electron chi connectivity index (χ3n) is 5.16. The Balaban J connectivity index is 2.00. The number of hydrogen-bond acceptors (Lipinski definition) is 3. The van der Waals surface area contributed by atoms with Crippen LogP contribution in [0.25, 0.3) is 0 Å². The predicted molar refractivity (Wildman–Crippen MR) is 75.7 cm³/mol. The van der Waals surface area contributed by atoms with Crippen molar-refractivity contribution >= 4 is 0 Å². The van der Waals surface area contributed by atoms with E-state index in [-0.39, 0.29) is 11.5 Å². The van der Waals surface area contributed by atoms with E-state index in [1.54, 1.807) is 0 Å². The summed E-state index contributed by atoms with van der Waals surface area (Å²) in [5, 5.41) is 10.6. The lowest BCUT2D eigenvalue weighted by Crippen LogP contribution is -2.60. The summed E-state index contributed by atoms with van der Waals surface area (Å²) in [6.45, 7) is 13.5. The number of aliphatic hydroxyl groups is 1. The zero-order valence-electron chi connectivity index (χ0n) is 12.5. The van der Waals surface area contributed by atoms with Crippen LogP contribution in [0.5, 0.6) is 0 Å². The van der Waals surface area contributed by atoms with E-state index in [9.17, 15) is 5.11 Å². The summed E-state index contributed by atoms with van der Waals surface area (Å²) in [5.41, 5.74) is 0.0913. The number of aliphatic hydroxyl groups excluding tert-OH is 1. The molecule has 3 atom stereocenters. The summed E-state index contributed by atoms with van der Waals surface area (Å²) in [6.07, 6.45) is 3.43. The molecule has 3 nitrogen and oxygen atoms in total. The van der Waals surface area contributed by atoms with Gasteiger partial charge in [0.25, 0.3) is 0 Å². The minimum atomic E-state index is -0.161. The number of likely N-dealkylation sites (N-methyl/N-ethyl adjacent to an activating group) is 1. The van der Waals surface area contributed by atoms with Crippen molar-refractivity contribution in [3.8, 4) is 0 Å². The normalized spacial score (nSPS) is 38.8. The van der Waals surface area contributed by atoms with Crippen LogP contribution < -0.4 is 0 Å². The molecule has 0 spiro atoms. The van der Waals surface area contributed by atoms with E-state index in [2.05, 4.69) is 37.5 Å². The molecule has 0 aromatic rings. The van der Waals surface area contributed by atoms with Crippen molar-refractivity contribution in [2.24, 2.45) is 5.41 Å². The first-order valence-corrected chi connectivity index (χ1v) is 7.62. The third-order valence-corrected chi connectivity index (χ3v) is 5.16. The van der Waals surface area contributed by atoms with Gasteiger partial charge in [-0.15, -0.1) is 0 Å². The van der Waals surface area contributed by atoms with Crippen LogP contribution in [-0.2, 0) is 0 Å². The molecule has 18 heavy (non-hydrogen) atoms. The van der Waals surface area contributed by atoms with E-state index in [1.807, 2.05) is 0 Å². The molecular weight excluding hydrogens is 224 g/mol. The quantitative estimate of drug-likeness (QED) is 0.816. The van der Waals surface area contributed by atoms with Gasteiger partial charge < -0.3 is 5.11 Å². The second-order valence-electron chi connectivity index (χ2n) is 6.87. The SMILES string of the molecule is CCN1CCN(C2CCCC(C)(C)C2O)CC1C. The third kappa shape index (κ3) is 2.73. The van der Waals surface area contributed by atoms with Gasteiger partial charge in [-0.3, -0.25) is 9.80 Å². The number of nitrogens with zero attached hydrogens (tertiary/aromatic N) is 2. The van der Waals surface area contributed by atoms with Crippen LogP contribution in [0.4, 0.5) is 0 Å². The molecule has 1 aliphatic heterocycles. The summed E-state index contributed by atoms with van der Waals surface area (Å²) >= 11 is 0. The summed E-state index contributed by atoms with van der Waals surface area (Å²) in [4.78, 5) is 5.08. The lowest BCUT2D eigenvalue weighted by atomic mass is 9.72. The van der Waals surface area contributed by atoms with Gasteiger partial charge in [-0.25, -0.2) is 0 Å². The van der Waals surface area contributed by atoms with Crippen molar-refractivity contribution in [1.82, 2.24) is 9.80 Å². The highest BCUT2D eigenvalue weighted by atomic mass is 16.3. The zero-order valence-corrected chi connectivity index (χ0v) is 12.5. The number of hydrogen-bond donors (Lipinski definition) is 1. The number of piperazine rings is 1. The van der Waals surface area contributed by atoms with Gasteiger partial charge in [0.05, 0.1) is 6.10 Å². The second-order valence-corrected chi connectivity index (χ2v) is 6.87. The minimum absolute atomic E-state index is 0.0913. The van der Waals surface area contributed by atoms with Crippen LogP contribution in [-0.4, -0.2) is 59.3 Å². The molecule has 1 saturated heterocycles. The zero-order chi connectivity index (χ0) is 13.3. The van der Waals surface area contributed by atoms with Crippen molar-refractivity contribution in [1.29, 1.82) is 0 Å². The molecule has 3 heteroatoms. The Morgan fingerprint density at radius 3 is 2.61 bits per heavy atom. The van der Waals surface area contributed by atoms with Crippen LogP contribution >= 0.6 is 0 Å². The maximum absolute atomic E-state index is 10.6. The van der Waals surface area contributed by atoms with Crippen LogP contribution in [0.1, 0.15) is 47.0 Å². The molecule has 1 saturated carbocycles. The molecule has 106 valence electrons. The Labute approximate surface area is 112 Å². The van der Waals surface area contributed by atoms with E-state index in [0.29, 0.717) is 12.1 Å². The molecule has 0 aromatic carbocycles. The second kappa shape index (κ2) is 5.48. The van der Waals surface area contributed by atoms with Gasteiger partial charge in [-0.1, -0.05) is 27.2 Å². The first-order valence-electron chi connectivity index (χ1n) is 7.62. The predicted octanol–water partition coefficient (Wildman–Crippen LogP) is 1.95. The molecule has 0 bridgehead atoms. The molecule has 1 heterocycles. The first kappa shape index (κ1) is 14.3. The molecule has 0 radical (unpaired) electrons. The van der Waals surface area contributed by atoms with Crippen molar-refractivity contribution in [3.63, 3.8) is 0 Å². The molecule has 2 rings (SSSR count). The lowest BCUT2D eigenvalue weighted by Gasteiger charge is -2.49. The van der Waals surface area contributed by atoms with E-state index in [0.717, 1.165) is 32.6 Å². The molecular formula is C15H30N2O. The van der Waals surface area contributed by atoms with Crippen molar-refractivity contribution < 1.29 is 5.11 Å². The van der Waals surface area contributed by atoms with Gasteiger partial charge in [0.15, 0.2) is 0 Å². The maximum Gasteiger partial charge on any atom is 0.0746 e. The lowest BCUT2D eigenvalue weighted by molar-refractivity contribution is -0.0741. The average molecular weight is 254 g/mol. The molecule has 1 N–H and O–H groups in total. The summed E-state index contributed by atoms with van der Waals surface area (Å²) in [7, 11) is 0. The summed E-state index contributed by atoms with van der Waals surface area (Å²) in [6, 6.07) is 1.01. The molecule has 2 aliphatic rings. The van der Waals surface area contributed by atoms with Crippen molar-refractivity contribution in [3.05, 3.63) is 0 Å². The molecule has 3 unspecified atom stereocenters. The molecule has 0 aromatic heterocycles. The first-order chi connectivity index (χ1) is 8.45. The van der Waals surface area contributed by atoms with Gasteiger partial charge >= 0.3 is 0 Å². The van der Waals surface area contributed by atoms with E-state index in [4.69, 9.17) is 0 Å². The minimum Gasteiger partial charge on any atom is -0.391 e. The van der Waals surface area contributed by atoms with Crippen LogP contribution in [0.3, 0.4) is 0 Å². The summed E-state index contributed by atoms with van der Waals surface area (Å²) < 4.78 is 0. The Hall–Kier alpha value is -0.120. The Bertz CT molecular complexity index is 280. The Morgan fingerprint density at radius 1 is 1.28 bits per heavy atom. The van der Waals surface area contributed by atoms with Crippen LogP contribution in [0, 0.1) is 5.41 Å². The van der Waals surface area contributed by atoms with E-state index < -0.39 is 0 Å². The van der Waals surface area contributed by atoms with Gasteiger partial charge in [-0.2, -0.15) is 0 Å². The fraction of sp³-hybridized carbons (Fsp3) is 1.00.